The highest BCUT2D eigenvalue weighted by Gasteiger charge is 2.31. The number of carboxylic acid groups (broad SMARTS) is 2. The van der Waals surface area contributed by atoms with Gasteiger partial charge in [-0.25, -0.2) is 23.9 Å². The maximum atomic E-state index is 12.4. The third-order valence-corrected chi connectivity index (χ3v) is 4.26. The molecule has 3 rings (SSSR count). The molecule has 0 saturated heterocycles. The van der Waals surface area contributed by atoms with Gasteiger partial charge in [0.25, 0.3) is 0 Å². The van der Waals surface area contributed by atoms with Crippen molar-refractivity contribution in [3.63, 3.8) is 0 Å². The number of likely N-dealkylation sites (N-methyl/N-ethyl adjacent to an activating group) is 1. The van der Waals surface area contributed by atoms with Crippen LogP contribution in [0.4, 0.5) is 4.79 Å². The van der Waals surface area contributed by atoms with Gasteiger partial charge >= 0.3 is 18.0 Å². The summed E-state index contributed by atoms with van der Waals surface area (Å²) in [5.74, 6) is -1.30. The first-order chi connectivity index (χ1) is 13.2. The van der Waals surface area contributed by atoms with E-state index in [4.69, 9.17) is 15.2 Å². The van der Waals surface area contributed by atoms with Crippen LogP contribution in [-0.2, 0) is 9.59 Å². The average molecular weight is 388 g/mol. The van der Waals surface area contributed by atoms with Gasteiger partial charge in [0, 0.05) is 31.7 Å². The number of aromatic nitrogens is 2. The summed E-state index contributed by atoms with van der Waals surface area (Å²) in [6.45, 7) is 1.74. The Morgan fingerprint density at radius 2 is 1.82 bits per heavy atom. The standard InChI is InChI=1S/C15H20N4O.C4H4O4/c1-17(2)9-8-11-10-18(3)15(20)19-13-7-5-4-6-12(13)16-14(11)19;5-3(6)1-2-4(7)8/h4-7,11H,8-10H2,1-3H3;1-2H,(H,5,6)(H,7,8). The van der Waals surface area contributed by atoms with Crippen LogP contribution in [0.5, 0.6) is 0 Å². The summed E-state index contributed by atoms with van der Waals surface area (Å²) >= 11 is 0. The molecule has 1 aliphatic rings. The number of fused-ring (bicyclic) bond motifs is 3. The van der Waals surface area contributed by atoms with Crippen LogP contribution in [0.1, 0.15) is 18.2 Å². The lowest BCUT2D eigenvalue weighted by Crippen LogP contribution is -2.41. The van der Waals surface area contributed by atoms with Crippen LogP contribution in [-0.4, -0.2) is 81.8 Å². The van der Waals surface area contributed by atoms with Gasteiger partial charge in [0.15, 0.2) is 0 Å². The molecule has 0 fully saturated rings. The van der Waals surface area contributed by atoms with Gasteiger partial charge in [0.05, 0.1) is 11.0 Å². The van der Waals surface area contributed by atoms with Crippen LogP contribution in [0.3, 0.4) is 0 Å². The molecule has 9 heteroatoms. The van der Waals surface area contributed by atoms with Crippen molar-refractivity contribution in [1.82, 2.24) is 19.4 Å². The largest absolute Gasteiger partial charge is 0.478 e. The van der Waals surface area contributed by atoms with Crippen molar-refractivity contribution in [2.75, 3.05) is 34.2 Å². The van der Waals surface area contributed by atoms with Gasteiger partial charge in [0.1, 0.15) is 5.82 Å². The van der Waals surface area contributed by atoms with Crippen LogP contribution >= 0.6 is 0 Å². The van der Waals surface area contributed by atoms with Gasteiger partial charge in [-0.3, -0.25) is 0 Å². The number of carbonyl (C=O) groups is 3. The van der Waals surface area contributed by atoms with Crippen LogP contribution in [0.15, 0.2) is 36.4 Å². The Bertz CT molecular complexity index is 887. The van der Waals surface area contributed by atoms with Crippen LogP contribution in [0, 0.1) is 0 Å². The van der Waals surface area contributed by atoms with Crippen molar-refractivity contribution in [3.8, 4) is 0 Å². The SMILES string of the molecule is CN(C)CCC1CN(C)C(=O)n2c1nc1ccccc12.O=C(O)C=CC(=O)O. The second kappa shape index (κ2) is 9.14. The summed E-state index contributed by atoms with van der Waals surface area (Å²) in [5, 5.41) is 15.6. The van der Waals surface area contributed by atoms with E-state index in [9.17, 15) is 14.4 Å². The summed E-state index contributed by atoms with van der Waals surface area (Å²) < 4.78 is 1.78. The number of aliphatic carboxylic acids is 2. The van der Waals surface area contributed by atoms with E-state index in [0.717, 1.165) is 36.4 Å². The topological polar surface area (TPSA) is 116 Å². The Hall–Kier alpha value is -3.20. The van der Waals surface area contributed by atoms with Crippen molar-refractivity contribution in [3.05, 3.63) is 42.2 Å². The predicted octanol–water partition coefficient (Wildman–Crippen LogP) is 1.70. The number of nitrogens with zero attached hydrogens (tertiary/aromatic N) is 4. The molecule has 28 heavy (non-hydrogen) atoms. The van der Waals surface area contributed by atoms with E-state index in [1.165, 1.54) is 0 Å². The lowest BCUT2D eigenvalue weighted by molar-refractivity contribution is -0.134. The molecule has 2 aromatic rings. The van der Waals surface area contributed by atoms with E-state index in [2.05, 4.69) is 19.0 Å². The molecular formula is C19H24N4O5. The molecule has 0 spiro atoms. The van der Waals surface area contributed by atoms with Crippen molar-refractivity contribution in [2.45, 2.75) is 12.3 Å². The Labute approximate surface area is 162 Å². The number of hydrogen-bond acceptors (Lipinski definition) is 5. The maximum Gasteiger partial charge on any atom is 0.329 e. The number of para-hydroxylation sites is 2. The number of imidazole rings is 1. The normalized spacial score (nSPS) is 16.2. The number of carbonyl (C=O) groups excluding carboxylic acids is 1. The Kier molecular flexibility index (Phi) is 6.89. The minimum atomic E-state index is -1.26. The average Bonchev–Trinajstić information content (AvgIpc) is 3.02. The van der Waals surface area contributed by atoms with Gasteiger partial charge in [-0.05, 0) is 39.2 Å². The maximum absolute atomic E-state index is 12.4. The molecule has 1 aromatic carbocycles. The van der Waals surface area contributed by atoms with Crippen LogP contribution in [0.2, 0.25) is 0 Å². The first kappa shape index (κ1) is 21.1. The molecule has 1 aliphatic heterocycles. The molecule has 0 saturated carbocycles. The molecule has 0 radical (unpaired) electrons. The van der Waals surface area contributed by atoms with Gasteiger partial charge in [-0.15, -0.1) is 0 Å². The molecular weight excluding hydrogens is 364 g/mol. The highest BCUT2D eigenvalue weighted by Crippen LogP contribution is 2.29. The van der Waals surface area contributed by atoms with E-state index in [-0.39, 0.29) is 6.03 Å². The number of rotatable bonds is 5. The molecule has 1 unspecified atom stereocenters. The number of carboxylic acids is 2. The fourth-order valence-corrected chi connectivity index (χ4v) is 2.96. The molecule has 1 atom stereocenters. The fraction of sp³-hybridized carbons (Fsp3) is 0.368. The Balaban J connectivity index is 0.000000300. The second-order valence-corrected chi connectivity index (χ2v) is 6.76. The first-order valence-electron chi connectivity index (χ1n) is 8.72. The molecule has 2 heterocycles. The third-order valence-electron chi connectivity index (χ3n) is 4.26. The predicted molar refractivity (Wildman–Crippen MR) is 103 cm³/mol. The fourth-order valence-electron chi connectivity index (χ4n) is 2.96. The van der Waals surface area contributed by atoms with E-state index in [1.54, 1.807) is 9.47 Å². The first-order valence-corrected chi connectivity index (χ1v) is 8.72. The lowest BCUT2D eigenvalue weighted by atomic mass is 10.0. The smallest absolute Gasteiger partial charge is 0.329 e. The molecule has 1 aromatic heterocycles. The third kappa shape index (κ3) is 5.17. The molecule has 0 bridgehead atoms. The summed E-state index contributed by atoms with van der Waals surface area (Å²) in [5.41, 5.74) is 1.81. The molecule has 150 valence electrons. The minimum absolute atomic E-state index is 0.0230. The highest BCUT2D eigenvalue weighted by atomic mass is 16.4. The molecule has 2 N–H and O–H groups in total. The van der Waals surface area contributed by atoms with E-state index in [1.807, 2.05) is 31.3 Å². The zero-order chi connectivity index (χ0) is 20.8. The monoisotopic (exact) mass is 388 g/mol. The van der Waals surface area contributed by atoms with Gasteiger partial charge in [0.2, 0.25) is 0 Å². The lowest BCUT2D eigenvalue weighted by Gasteiger charge is -2.31. The highest BCUT2D eigenvalue weighted by molar-refractivity contribution is 5.91. The van der Waals surface area contributed by atoms with Crippen molar-refractivity contribution in [1.29, 1.82) is 0 Å². The Morgan fingerprint density at radius 1 is 1.21 bits per heavy atom. The molecule has 0 aliphatic carbocycles. The summed E-state index contributed by atoms with van der Waals surface area (Å²) in [6, 6.07) is 7.87. The van der Waals surface area contributed by atoms with E-state index in [0.29, 0.717) is 18.1 Å². The molecule has 9 nitrogen and oxygen atoms in total. The van der Waals surface area contributed by atoms with E-state index >= 15 is 0 Å². The summed E-state index contributed by atoms with van der Waals surface area (Å²) in [7, 11) is 6.00. The zero-order valence-electron chi connectivity index (χ0n) is 16.1. The van der Waals surface area contributed by atoms with Gasteiger partial charge in [-0.2, -0.15) is 0 Å². The number of benzene rings is 1. The van der Waals surface area contributed by atoms with Gasteiger partial charge < -0.3 is 20.0 Å². The summed E-state index contributed by atoms with van der Waals surface area (Å²) in [4.78, 5) is 40.2. The van der Waals surface area contributed by atoms with Crippen molar-refractivity contribution < 1.29 is 24.6 Å². The quantitative estimate of drug-likeness (QED) is 0.749. The summed E-state index contributed by atoms with van der Waals surface area (Å²) in [6.07, 6.45) is 2.12. The molecule has 1 amide bonds. The Morgan fingerprint density at radius 3 is 2.39 bits per heavy atom. The zero-order valence-corrected chi connectivity index (χ0v) is 16.1. The van der Waals surface area contributed by atoms with Crippen LogP contribution < -0.4 is 0 Å². The van der Waals surface area contributed by atoms with Crippen molar-refractivity contribution in [2.24, 2.45) is 0 Å². The number of hydrogen-bond donors (Lipinski definition) is 2. The second-order valence-electron chi connectivity index (χ2n) is 6.76. The van der Waals surface area contributed by atoms with Gasteiger partial charge in [-0.1, -0.05) is 12.1 Å². The minimum Gasteiger partial charge on any atom is -0.478 e. The van der Waals surface area contributed by atoms with Crippen LogP contribution in [0.25, 0.3) is 11.0 Å². The number of amides is 1. The van der Waals surface area contributed by atoms with E-state index < -0.39 is 11.9 Å². The van der Waals surface area contributed by atoms with Crippen molar-refractivity contribution >= 4 is 29.0 Å².